The average molecular weight is 289 g/mol. The maximum absolute atomic E-state index is 5.64. The maximum atomic E-state index is 5.64. The van der Waals surface area contributed by atoms with Crippen molar-refractivity contribution in [2.24, 2.45) is 0 Å². The average Bonchev–Trinajstić information content (AvgIpc) is 3.00. The summed E-state index contributed by atoms with van der Waals surface area (Å²) in [5, 5.41) is 4.37. The standard InChI is InChI=1S/C15H19N3OS/c1(14-9-16-4-5-17-14)2-15-11-19-7-6-18(15)10-13-3-8-20-12-13/h3-5,8-9,12,15H,1-2,6-7,10-11H2/t15-/m0/s1. The van der Waals surface area contributed by atoms with Crippen LogP contribution in [0.1, 0.15) is 17.7 Å². The highest BCUT2D eigenvalue weighted by atomic mass is 32.1. The number of rotatable bonds is 5. The zero-order chi connectivity index (χ0) is 13.6. The lowest BCUT2D eigenvalue weighted by Crippen LogP contribution is -2.45. The Morgan fingerprint density at radius 1 is 1.40 bits per heavy atom. The summed E-state index contributed by atoms with van der Waals surface area (Å²) in [6.07, 6.45) is 7.36. The summed E-state index contributed by atoms with van der Waals surface area (Å²) in [4.78, 5) is 11.0. The van der Waals surface area contributed by atoms with Gasteiger partial charge in [-0.15, -0.1) is 0 Å². The lowest BCUT2D eigenvalue weighted by Gasteiger charge is -2.35. The highest BCUT2D eigenvalue weighted by molar-refractivity contribution is 7.07. The molecule has 5 heteroatoms. The van der Waals surface area contributed by atoms with Crippen LogP contribution in [0.4, 0.5) is 0 Å². The van der Waals surface area contributed by atoms with Gasteiger partial charge in [-0.25, -0.2) is 0 Å². The minimum atomic E-state index is 0.477. The Labute approximate surface area is 123 Å². The van der Waals surface area contributed by atoms with Crippen molar-refractivity contribution in [1.29, 1.82) is 0 Å². The number of aromatic nitrogens is 2. The van der Waals surface area contributed by atoms with Crippen LogP contribution in [0.2, 0.25) is 0 Å². The Bertz CT molecular complexity index is 503. The SMILES string of the molecule is c1cnc(CC[C@H]2COCCN2Cc2ccsc2)cn1. The van der Waals surface area contributed by atoms with Gasteiger partial charge in [-0.1, -0.05) is 0 Å². The second-order valence-electron chi connectivity index (χ2n) is 5.07. The molecule has 1 atom stereocenters. The molecule has 0 aromatic carbocycles. The monoisotopic (exact) mass is 289 g/mol. The molecule has 3 heterocycles. The van der Waals surface area contributed by atoms with E-state index in [9.17, 15) is 0 Å². The molecule has 106 valence electrons. The number of hydrogen-bond donors (Lipinski definition) is 0. The van der Waals surface area contributed by atoms with Crippen LogP contribution in [0.5, 0.6) is 0 Å². The molecule has 2 aromatic rings. The summed E-state index contributed by atoms with van der Waals surface area (Å²) >= 11 is 1.76. The van der Waals surface area contributed by atoms with Crippen molar-refractivity contribution in [3.05, 3.63) is 46.7 Å². The Morgan fingerprint density at radius 2 is 2.40 bits per heavy atom. The molecule has 1 fully saturated rings. The van der Waals surface area contributed by atoms with E-state index in [-0.39, 0.29) is 0 Å². The zero-order valence-electron chi connectivity index (χ0n) is 11.4. The van der Waals surface area contributed by atoms with E-state index in [1.165, 1.54) is 5.56 Å². The number of aryl methyl sites for hydroxylation is 1. The van der Waals surface area contributed by atoms with Crippen molar-refractivity contribution >= 4 is 11.3 Å². The molecule has 2 aromatic heterocycles. The molecule has 20 heavy (non-hydrogen) atoms. The molecule has 1 aliphatic rings. The van der Waals surface area contributed by atoms with Gasteiger partial charge < -0.3 is 4.74 Å². The normalized spacial score (nSPS) is 20.1. The molecule has 0 amide bonds. The molecule has 1 aliphatic heterocycles. The van der Waals surface area contributed by atoms with Gasteiger partial charge >= 0.3 is 0 Å². The van der Waals surface area contributed by atoms with Gasteiger partial charge in [0.05, 0.1) is 18.9 Å². The van der Waals surface area contributed by atoms with Crippen molar-refractivity contribution in [3.8, 4) is 0 Å². The Morgan fingerprint density at radius 3 is 3.20 bits per heavy atom. The molecule has 0 saturated carbocycles. The predicted octanol–water partition coefficient (Wildman–Crippen LogP) is 2.37. The van der Waals surface area contributed by atoms with Crippen molar-refractivity contribution in [1.82, 2.24) is 14.9 Å². The first-order valence-electron chi connectivity index (χ1n) is 6.99. The molecular formula is C15H19N3OS. The van der Waals surface area contributed by atoms with Gasteiger partial charge in [0.1, 0.15) is 0 Å². The topological polar surface area (TPSA) is 38.2 Å². The van der Waals surface area contributed by atoms with E-state index in [1.807, 2.05) is 6.20 Å². The van der Waals surface area contributed by atoms with Crippen molar-refractivity contribution in [3.63, 3.8) is 0 Å². The second-order valence-corrected chi connectivity index (χ2v) is 5.85. The molecule has 4 nitrogen and oxygen atoms in total. The number of hydrogen-bond acceptors (Lipinski definition) is 5. The molecular weight excluding hydrogens is 270 g/mol. The first kappa shape index (κ1) is 13.7. The molecule has 0 N–H and O–H groups in total. The van der Waals surface area contributed by atoms with Crippen LogP contribution in [0.3, 0.4) is 0 Å². The van der Waals surface area contributed by atoms with Gasteiger partial charge in [-0.2, -0.15) is 11.3 Å². The smallest absolute Gasteiger partial charge is 0.0622 e. The van der Waals surface area contributed by atoms with Crippen LogP contribution < -0.4 is 0 Å². The lowest BCUT2D eigenvalue weighted by molar-refractivity contribution is -0.0143. The van der Waals surface area contributed by atoms with E-state index >= 15 is 0 Å². The van der Waals surface area contributed by atoms with Crippen LogP contribution in [-0.2, 0) is 17.7 Å². The van der Waals surface area contributed by atoms with Crippen molar-refractivity contribution in [2.75, 3.05) is 19.8 Å². The summed E-state index contributed by atoms with van der Waals surface area (Å²) < 4.78 is 5.64. The van der Waals surface area contributed by atoms with Gasteiger partial charge in [0, 0.05) is 37.7 Å². The van der Waals surface area contributed by atoms with Gasteiger partial charge in [-0.05, 0) is 35.2 Å². The summed E-state index contributed by atoms with van der Waals surface area (Å²) in [6, 6.07) is 2.69. The minimum Gasteiger partial charge on any atom is -0.378 e. The summed E-state index contributed by atoms with van der Waals surface area (Å²) in [5.41, 5.74) is 2.47. The first-order chi connectivity index (χ1) is 9.92. The molecule has 0 aliphatic carbocycles. The van der Waals surface area contributed by atoms with Crippen LogP contribution in [0, 0.1) is 0 Å². The van der Waals surface area contributed by atoms with Gasteiger partial charge in [0.15, 0.2) is 0 Å². The Hall–Kier alpha value is -1.30. The minimum absolute atomic E-state index is 0.477. The molecule has 1 saturated heterocycles. The van der Waals surface area contributed by atoms with Gasteiger partial charge in [0.25, 0.3) is 0 Å². The number of ether oxygens (including phenoxy) is 1. The van der Waals surface area contributed by atoms with E-state index in [0.29, 0.717) is 6.04 Å². The molecule has 3 rings (SSSR count). The van der Waals surface area contributed by atoms with Crippen molar-refractivity contribution in [2.45, 2.75) is 25.4 Å². The van der Waals surface area contributed by atoms with E-state index in [2.05, 4.69) is 31.7 Å². The Kier molecular flexibility index (Phi) is 4.73. The maximum Gasteiger partial charge on any atom is 0.0622 e. The third-order valence-electron chi connectivity index (χ3n) is 3.67. The number of thiophene rings is 1. The highest BCUT2D eigenvalue weighted by Crippen LogP contribution is 2.17. The van der Waals surface area contributed by atoms with Gasteiger partial charge in [0.2, 0.25) is 0 Å². The van der Waals surface area contributed by atoms with Crippen molar-refractivity contribution < 1.29 is 4.74 Å². The highest BCUT2D eigenvalue weighted by Gasteiger charge is 2.23. The molecule has 0 unspecified atom stereocenters. The fourth-order valence-corrected chi connectivity index (χ4v) is 3.21. The molecule has 0 bridgehead atoms. The zero-order valence-corrected chi connectivity index (χ0v) is 12.3. The van der Waals surface area contributed by atoms with Crippen LogP contribution in [-0.4, -0.2) is 40.7 Å². The van der Waals surface area contributed by atoms with E-state index in [1.54, 1.807) is 23.7 Å². The van der Waals surface area contributed by atoms with E-state index in [4.69, 9.17) is 4.74 Å². The van der Waals surface area contributed by atoms with E-state index in [0.717, 1.165) is 44.8 Å². The third kappa shape index (κ3) is 3.62. The Balaban J connectivity index is 1.57. The third-order valence-corrected chi connectivity index (χ3v) is 4.40. The second kappa shape index (κ2) is 6.92. The summed E-state index contributed by atoms with van der Waals surface area (Å²) in [5.74, 6) is 0. The number of morpholine rings is 1. The predicted molar refractivity (Wildman–Crippen MR) is 79.7 cm³/mol. The van der Waals surface area contributed by atoms with Crippen LogP contribution in [0.15, 0.2) is 35.4 Å². The van der Waals surface area contributed by atoms with Gasteiger partial charge in [-0.3, -0.25) is 14.9 Å². The molecule has 0 spiro atoms. The van der Waals surface area contributed by atoms with Crippen LogP contribution in [0.25, 0.3) is 0 Å². The molecule has 0 radical (unpaired) electrons. The van der Waals surface area contributed by atoms with Crippen LogP contribution >= 0.6 is 11.3 Å². The first-order valence-corrected chi connectivity index (χ1v) is 7.94. The fourth-order valence-electron chi connectivity index (χ4n) is 2.55. The quantitative estimate of drug-likeness (QED) is 0.847. The lowest BCUT2D eigenvalue weighted by atomic mass is 10.1. The van der Waals surface area contributed by atoms with E-state index < -0.39 is 0 Å². The number of nitrogens with zero attached hydrogens (tertiary/aromatic N) is 3. The largest absolute Gasteiger partial charge is 0.378 e. The summed E-state index contributed by atoms with van der Waals surface area (Å²) in [6.45, 7) is 3.70. The summed E-state index contributed by atoms with van der Waals surface area (Å²) in [7, 11) is 0. The fraction of sp³-hybridized carbons (Fsp3) is 0.467.